The van der Waals surface area contributed by atoms with Gasteiger partial charge in [0.25, 0.3) is 5.56 Å². The van der Waals surface area contributed by atoms with Gasteiger partial charge in [0.1, 0.15) is 0 Å². The number of nitrogens with one attached hydrogen (secondary N) is 2. The number of hydrogen-bond acceptors (Lipinski definition) is 4. The van der Waals surface area contributed by atoms with Gasteiger partial charge in [0, 0.05) is 17.1 Å². The second-order valence-corrected chi connectivity index (χ2v) is 7.78. The molecule has 22 heavy (non-hydrogen) atoms. The number of H-pyrrole nitrogens is 1. The van der Waals surface area contributed by atoms with E-state index in [1.165, 1.54) is 0 Å². The molecule has 0 aliphatic carbocycles. The van der Waals surface area contributed by atoms with Crippen LogP contribution < -0.4 is 10.9 Å². The van der Waals surface area contributed by atoms with E-state index in [-0.39, 0.29) is 35.4 Å². The minimum absolute atomic E-state index is 0.0210. The van der Waals surface area contributed by atoms with Crippen LogP contribution in [0.15, 0.2) is 35.1 Å². The summed E-state index contributed by atoms with van der Waals surface area (Å²) in [6.45, 7) is 0. The van der Waals surface area contributed by atoms with Gasteiger partial charge >= 0.3 is 0 Å². The number of sulfone groups is 1. The summed E-state index contributed by atoms with van der Waals surface area (Å²) in [7, 11) is -3.03. The lowest BCUT2D eigenvalue weighted by Crippen LogP contribution is -2.37. The average Bonchev–Trinajstić information content (AvgIpc) is 2.78. The monoisotopic (exact) mass is 320 g/mol. The number of aromatic nitrogens is 1. The summed E-state index contributed by atoms with van der Waals surface area (Å²) in [5, 5.41) is 3.54. The maximum Gasteiger partial charge on any atom is 0.252 e. The molecular weight excluding hydrogens is 304 g/mol. The topological polar surface area (TPSA) is 96.1 Å². The third-order valence-electron chi connectivity index (χ3n) is 3.78. The summed E-state index contributed by atoms with van der Waals surface area (Å²) in [6.07, 6.45) is 0.374. The molecule has 0 bridgehead atoms. The molecule has 0 unspecified atom stereocenters. The fourth-order valence-electron chi connectivity index (χ4n) is 2.68. The van der Waals surface area contributed by atoms with Crippen molar-refractivity contribution in [1.29, 1.82) is 0 Å². The predicted molar refractivity (Wildman–Crippen MR) is 83.5 cm³/mol. The van der Waals surface area contributed by atoms with Crippen LogP contribution in [0, 0.1) is 0 Å². The number of benzene rings is 1. The van der Waals surface area contributed by atoms with Crippen LogP contribution in [0.5, 0.6) is 0 Å². The minimum Gasteiger partial charge on any atom is -0.352 e. The molecule has 116 valence electrons. The van der Waals surface area contributed by atoms with Crippen LogP contribution in [-0.2, 0) is 21.1 Å². The first-order valence-electron chi connectivity index (χ1n) is 7.04. The summed E-state index contributed by atoms with van der Waals surface area (Å²) < 4.78 is 22.8. The molecule has 1 aliphatic heterocycles. The Bertz CT molecular complexity index is 886. The van der Waals surface area contributed by atoms with Crippen molar-refractivity contribution < 1.29 is 13.2 Å². The van der Waals surface area contributed by atoms with Crippen LogP contribution >= 0.6 is 0 Å². The lowest BCUT2D eigenvalue weighted by Gasteiger charge is -2.10. The molecule has 2 N–H and O–H groups in total. The molecule has 7 heteroatoms. The molecule has 1 atom stereocenters. The summed E-state index contributed by atoms with van der Waals surface area (Å²) in [4.78, 5) is 26.7. The van der Waals surface area contributed by atoms with Gasteiger partial charge in [-0.05, 0) is 23.9 Å². The summed E-state index contributed by atoms with van der Waals surface area (Å²) >= 11 is 0. The highest BCUT2D eigenvalue weighted by atomic mass is 32.2. The smallest absolute Gasteiger partial charge is 0.252 e. The first-order chi connectivity index (χ1) is 10.4. The Kier molecular flexibility index (Phi) is 3.74. The molecule has 0 radical (unpaired) electrons. The summed E-state index contributed by atoms with van der Waals surface area (Å²) in [5.74, 6) is -0.246. The van der Waals surface area contributed by atoms with E-state index in [1.807, 2.05) is 18.2 Å². The number of para-hydroxylation sites is 1. The van der Waals surface area contributed by atoms with Gasteiger partial charge in [-0.1, -0.05) is 18.2 Å². The third kappa shape index (κ3) is 3.19. The van der Waals surface area contributed by atoms with Crippen LogP contribution in [0.4, 0.5) is 0 Å². The van der Waals surface area contributed by atoms with Crippen molar-refractivity contribution in [2.75, 3.05) is 11.5 Å². The Hall–Kier alpha value is -2.15. The maximum absolute atomic E-state index is 12.0. The molecule has 2 aromatic rings. The van der Waals surface area contributed by atoms with Crippen molar-refractivity contribution in [3.8, 4) is 0 Å². The van der Waals surface area contributed by atoms with Crippen molar-refractivity contribution in [3.05, 3.63) is 46.2 Å². The van der Waals surface area contributed by atoms with Crippen molar-refractivity contribution in [2.24, 2.45) is 0 Å². The molecule has 1 aromatic carbocycles. The number of carbonyl (C=O) groups is 1. The number of amides is 1. The van der Waals surface area contributed by atoms with Gasteiger partial charge in [-0.3, -0.25) is 9.59 Å². The second-order valence-electron chi connectivity index (χ2n) is 5.56. The molecule has 2 heterocycles. The van der Waals surface area contributed by atoms with Gasteiger partial charge in [-0.15, -0.1) is 0 Å². The fraction of sp³-hybridized carbons (Fsp3) is 0.333. The number of fused-ring (bicyclic) bond motifs is 1. The largest absolute Gasteiger partial charge is 0.352 e. The quantitative estimate of drug-likeness (QED) is 0.854. The van der Waals surface area contributed by atoms with Crippen LogP contribution in [-0.4, -0.2) is 36.9 Å². The van der Waals surface area contributed by atoms with E-state index in [0.717, 1.165) is 10.9 Å². The first kappa shape index (κ1) is 14.8. The lowest BCUT2D eigenvalue weighted by atomic mass is 10.1. The molecule has 3 rings (SSSR count). The van der Waals surface area contributed by atoms with Gasteiger partial charge in [0.15, 0.2) is 9.84 Å². The summed E-state index contributed by atoms with van der Waals surface area (Å²) in [5.41, 5.74) is 0.795. The first-order valence-corrected chi connectivity index (χ1v) is 8.86. The van der Waals surface area contributed by atoms with Gasteiger partial charge in [0.2, 0.25) is 5.91 Å². The molecule has 0 spiro atoms. The van der Waals surface area contributed by atoms with E-state index in [9.17, 15) is 18.0 Å². The lowest BCUT2D eigenvalue weighted by molar-refractivity contribution is -0.121. The van der Waals surface area contributed by atoms with Crippen molar-refractivity contribution >= 4 is 26.6 Å². The zero-order chi connectivity index (χ0) is 15.7. The van der Waals surface area contributed by atoms with Gasteiger partial charge in [-0.2, -0.15) is 0 Å². The molecule has 1 aliphatic rings. The van der Waals surface area contributed by atoms with Gasteiger partial charge in [-0.25, -0.2) is 8.42 Å². The highest BCUT2D eigenvalue weighted by Gasteiger charge is 2.28. The highest BCUT2D eigenvalue weighted by molar-refractivity contribution is 7.91. The Labute approximate surface area is 127 Å². The summed E-state index contributed by atoms with van der Waals surface area (Å²) in [6, 6.07) is 8.68. The van der Waals surface area contributed by atoms with Crippen molar-refractivity contribution in [3.63, 3.8) is 0 Å². The number of carbonyl (C=O) groups excluding carboxylic acids is 1. The van der Waals surface area contributed by atoms with Crippen LogP contribution in [0.3, 0.4) is 0 Å². The van der Waals surface area contributed by atoms with E-state index in [0.29, 0.717) is 12.0 Å². The number of rotatable bonds is 3. The van der Waals surface area contributed by atoms with E-state index in [4.69, 9.17) is 0 Å². The predicted octanol–water partition coefficient (Wildman–Crippen LogP) is 0.374. The van der Waals surface area contributed by atoms with Gasteiger partial charge < -0.3 is 10.3 Å². The zero-order valence-corrected chi connectivity index (χ0v) is 12.7. The average molecular weight is 320 g/mol. The van der Waals surface area contributed by atoms with Crippen molar-refractivity contribution in [2.45, 2.75) is 18.9 Å². The van der Waals surface area contributed by atoms with E-state index < -0.39 is 9.84 Å². The van der Waals surface area contributed by atoms with E-state index in [2.05, 4.69) is 10.3 Å². The molecule has 0 saturated carbocycles. The SMILES string of the molecule is O=C(Cc1cc2ccccc2[nH]c1=O)N[C@H]1CCS(=O)(=O)C1. The fourth-order valence-corrected chi connectivity index (χ4v) is 4.36. The number of aromatic amines is 1. The molecule has 1 amide bonds. The molecule has 1 fully saturated rings. The Morgan fingerprint density at radius 2 is 2.09 bits per heavy atom. The Morgan fingerprint density at radius 1 is 1.32 bits per heavy atom. The highest BCUT2D eigenvalue weighted by Crippen LogP contribution is 2.12. The second kappa shape index (κ2) is 5.57. The molecular formula is C15H16N2O4S. The maximum atomic E-state index is 12.0. The van der Waals surface area contributed by atoms with Gasteiger partial charge in [0.05, 0.1) is 17.9 Å². The molecule has 6 nitrogen and oxygen atoms in total. The minimum atomic E-state index is -3.03. The normalized spacial score (nSPS) is 20.1. The van der Waals surface area contributed by atoms with Crippen molar-refractivity contribution in [1.82, 2.24) is 10.3 Å². The number of hydrogen-bond donors (Lipinski definition) is 2. The Balaban J connectivity index is 1.74. The Morgan fingerprint density at radius 3 is 2.82 bits per heavy atom. The number of pyridine rings is 1. The third-order valence-corrected chi connectivity index (χ3v) is 5.55. The molecule has 1 saturated heterocycles. The van der Waals surface area contributed by atoms with Crippen LogP contribution in [0.25, 0.3) is 10.9 Å². The van der Waals surface area contributed by atoms with E-state index >= 15 is 0 Å². The molecule has 1 aromatic heterocycles. The van der Waals surface area contributed by atoms with Crippen LogP contribution in [0.2, 0.25) is 0 Å². The standard InChI is InChI=1S/C15H16N2O4S/c18-14(16-12-5-6-22(20,21)9-12)8-11-7-10-3-1-2-4-13(10)17-15(11)19/h1-4,7,12H,5-6,8-9H2,(H,16,18)(H,17,19)/t12-/m0/s1. The van der Waals surface area contributed by atoms with Crippen LogP contribution in [0.1, 0.15) is 12.0 Å². The van der Waals surface area contributed by atoms with E-state index in [1.54, 1.807) is 12.1 Å². The zero-order valence-electron chi connectivity index (χ0n) is 11.8.